The Morgan fingerprint density at radius 1 is 1.25 bits per heavy atom. The van der Waals surface area contributed by atoms with Crippen molar-refractivity contribution < 1.29 is 13.9 Å². The third-order valence-corrected chi connectivity index (χ3v) is 5.78. The summed E-state index contributed by atoms with van der Waals surface area (Å²) in [5.74, 6) is 0.213. The molecule has 140 valence electrons. The lowest BCUT2D eigenvalue weighted by atomic mass is 10.2. The number of halogens is 1. The summed E-state index contributed by atoms with van der Waals surface area (Å²) in [5.41, 5.74) is 2.88. The third kappa shape index (κ3) is 3.26. The fourth-order valence-corrected chi connectivity index (χ4v) is 4.15. The standard InChI is InChI=1S/C20H13ClN2O4S/c1-26-12-6-7-14-16(8-12)28-19(17(14)21)20(25)23-22-9-11-10-27-15-5-3-2-4-13(15)18(11)24/h2-10H,1H3,(H,23,25)/b22-9+. The quantitative estimate of drug-likeness (QED) is 0.397. The van der Waals surface area contributed by atoms with Gasteiger partial charge in [-0.15, -0.1) is 11.3 Å². The van der Waals surface area contributed by atoms with Crippen molar-refractivity contribution in [1.29, 1.82) is 0 Å². The number of hydrogen-bond donors (Lipinski definition) is 1. The highest BCUT2D eigenvalue weighted by Gasteiger charge is 2.17. The predicted octanol–water partition coefficient (Wildman–Crippen LogP) is 4.43. The zero-order valence-corrected chi connectivity index (χ0v) is 16.1. The van der Waals surface area contributed by atoms with Crippen molar-refractivity contribution in [2.24, 2.45) is 5.10 Å². The summed E-state index contributed by atoms with van der Waals surface area (Å²) in [6.07, 6.45) is 2.56. The Kier molecular flexibility index (Phi) is 4.85. The van der Waals surface area contributed by atoms with E-state index in [0.717, 1.165) is 10.1 Å². The second-order valence-electron chi connectivity index (χ2n) is 5.82. The van der Waals surface area contributed by atoms with Crippen LogP contribution in [0.5, 0.6) is 5.75 Å². The van der Waals surface area contributed by atoms with Gasteiger partial charge in [-0.2, -0.15) is 5.10 Å². The number of nitrogens with one attached hydrogen (secondary N) is 1. The Labute approximate surface area is 168 Å². The number of methoxy groups -OCH3 is 1. The minimum Gasteiger partial charge on any atom is -0.497 e. The molecule has 0 saturated heterocycles. The first-order chi connectivity index (χ1) is 13.6. The smallest absolute Gasteiger partial charge is 0.283 e. The summed E-state index contributed by atoms with van der Waals surface area (Å²) < 4.78 is 11.4. The molecule has 0 radical (unpaired) electrons. The molecule has 0 fully saturated rings. The summed E-state index contributed by atoms with van der Waals surface area (Å²) >= 11 is 7.56. The average Bonchev–Trinajstić information content (AvgIpc) is 3.05. The monoisotopic (exact) mass is 412 g/mol. The number of hydrogen-bond acceptors (Lipinski definition) is 6. The molecule has 2 aromatic carbocycles. The molecule has 0 aliphatic carbocycles. The van der Waals surface area contributed by atoms with Gasteiger partial charge in [0.05, 0.1) is 29.3 Å². The van der Waals surface area contributed by atoms with Gasteiger partial charge in [-0.1, -0.05) is 23.7 Å². The molecule has 4 aromatic rings. The molecule has 1 amide bonds. The van der Waals surface area contributed by atoms with Gasteiger partial charge >= 0.3 is 0 Å². The van der Waals surface area contributed by atoms with Crippen LogP contribution in [0.15, 0.2) is 63.0 Å². The van der Waals surface area contributed by atoms with Gasteiger partial charge in [0, 0.05) is 10.1 Å². The molecule has 2 heterocycles. The number of benzene rings is 2. The molecule has 1 N–H and O–H groups in total. The second-order valence-corrected chi connectivity index (χ2v) is 7.25. The van der Waals surface area contributed by atoms with Crippen LogP contribution in [0.3, 0.4) is 0 Å². The van der Waals surface area contributed by atoms with Crippen LogP contribution in [0.2, 0.25) is 5.02 Å². The number of carbonyl (C=O) groups excluding carboxylic acids is 1. The fraction of sp³-hybridized carbons (Fsp3) is 0.0500. The number of para-hydroxylation sites is 1. The molecule has 0 spiro atoms. The molecular formula is C20H13ClN2O4S. The van der Waals surface area contributed by atoms with Crippen LogP contribution in [0.25, 0.3) is 21.1 Å². The lowest BCUT2D eigenvalue weighted by Gasteiger charge is -1.99. The third-order valence-electron chi connectivity index (χ3n) is 4.12. The van der Waals surface area contributed by atoms with E-state index < -0.39 is 5.91 Å². The largest absolute Gasteiger partial charge is 0.497 e. The van der Waals surface area contributed by atoms with Crippen LogP contribution < -0.4 is 15.6 Å². The average molecular weight is 413 g/mol. The number of hydrazone groups is 1. The number of ether oxygens (including phenoxy) is 1. The van der Waals surface area contributed by atoms with E-state index in [-0.39, 0.29) is 11.0 Å². The Morgan fingerprint density at radius 3 is 2.89 bits per heavy atom. The number of carbonyl (C=O) groups is 1. The molecule has 28 heavy (non-hydrogen) atoms. The number of fused-ring (bicyclic) bond motifs is 2. The lowest BCUT2D eigenvalue weighted by molar-refractivity contribution is 0.0959. The molecule has 0 aliphatic heterocycles. The van der Waals surface area contributed by atoms with E-state index in [2.05, 4.69) is 10.5 Å². The van der Waals surface area contributed by atoms with Crippen LogP contribution in [0.4, 0.5) is 0 Å². The van der Waals surface area contributed by atoms with Crippen LogP contribution >= 0.6 is 22.9 Å². The molecule has 0 aliphatic rings. The van der Waals surface area contributed by atoms with Crippen molar-refractivity contribution in [2.45, 2.75) is 0 Å². The van der Waals surface area contributed by atoms with Gasteiger partial charge in [-0.25, -0.2) is 5.43 Å². The first-order valence-corrected chi connectivity index (χ1v) is 9.38. The summed E-state index contributed by atoms with van der Waals surface area (Å²) in [5, 5.41) is 5.42. The highest BCUT2D eigenvalue weighted by Crippen LogP contribution is 2.37. The number of thiophene rings is 1. The van der Waals surface area contributed by atoms with Crippen molar-refractivity contribution in [1.82, 2.24) is 5.43 Å². The van der Waals surface area contributed by atoms with Gasteiger partial charge in [0.25, 0.3) is 5.91 Å². The minimum absolute atomic E-state index is 0.228. The van der Waals surface area contributed by atoms with Crippen molar-refractivity contribution >= 4 is 56.1 Å². The number of rotatable bonds is 4. The van der Waals surface area contributed by atoms with E-state index in [1.54, 1.807) is 43.5 Å². The molecule has 0 saturated carbocycles. The number of amides is 1. The Morgan fingerprint density at radius 2 is 2.07 bits per heavy atom. The maximum Gasteiger partial charge on any atom is 0.283 e. The first-order valence-electron chi connectivity index (χ1n) is 8.18. The van der Waals surface area contributed by atoms with Crippen molar-refractivity contribution in [3.05, 3.63) is 74.4 Å². The van der Waals surface area contributed by atoms with Crippen LogP contribution in [0, 0.1) is 0 Å². The van der Waals surface area contributed by atoms with E-state index >= 15 is 0 Å². The Hall–Kier alpha value is -3.16. The maximum absolute atomic E-state index is 12.4. The van der Waals surface area contributed by atoms with Gasteiger partial charge < -0.3 is 9.15 Å². The molecule has 6 nitrogen and oxygen atoms in total. The minimum atomic E-state index is -0.466. The molecule has 0 atom stereocenters. The summed E-state index contributed by atoms with van der Waals surface area (Å²) in [6.45, 7) is 0. The fourth-order valence-electron chi connectivity index (χ4n) is 2.71. The van der Waals surface area contributed by atoms with Crippen LogP contribution in [0.1, 0.15) is 15.2 Å². The van der Waals surface area contributed by atoms with Gasteiger partial charge in [-0.3, -0.25) is 9.59 Å². The molecular weight excluding hydrogens is 400 g/mol. The zero-order valence-electron chi connectivity index (χ0n) is 14.6. The summed E-state index contributed by atoms with van der Waals surface area (Å²) in [7, 11) is 1.57. The van der Waals surface area contributed by atoms with Crippen LogP contribution in [-0.4, -0.2) is 19.2 Å². The first kappa shape index (κ1) is 18.2. The lowest BCUT2D eigenvalue weighted by Crippen LogP contribution is -2.17. The van der Waals surface area contributed by atoms with E-state index in [1.165, 1.54) is 23.8 Å². The van der Waals surface area contributed by atoms with Crippen molar-refractivity contribution in [2.75, 3.05) is 7.11 Å². The highest BCUT2D eigenvalue weighted by molar-refractivity contribution is 7.21. The van der Waals surface area contributed by atoms with Crippen molar-refractivity contribution in [3.8, 4) is 5.75 Å². The summed E-state index contributed by atoms with van der Waals surface area (Å²) in [6, 6.07) is 12.3. The van der Waals surface area contributed by atoms with Gasteiger partial charge in [0.2, 0.25) is 5.43 Å². The highest BCUT2D eigenvalue weighted by atomic mass is 35.5. The number of nitrogens with zero attached hydrogens (tertiary/aromatic N) is 1. The second kappa shape index (κ2) is 7.46. The SMILES string of the molecule is COc1ccc2c(Cl)c(C(=O)N/N=C/c3coc4ccccc4c3=O)sc2c1. The Balaban J connectivity index is 1.58. The zero-order chi connectivity index (χ0) is 19.7. The van der Waals surface area contributed by atoms with E-state index in [9.17, 15) is 9.59 Å². The molecule has 4 rings (SSSR count). The predicted molar refractivity (Wildman–Crippen MR) is 111 cm³/mol. The van der Waals surface area contributed by atoms with E-state index in [4.69, 9.17) is 20.8 Å². The molecule has 2 aromatic heterocycles. The van der Waals surface area contributed by atoms with Gasteiger partial charge in [0.15, 0.2) is 0 Å². The Bertz CT molecular complexity index is 1290. The van der Waals surface area contributed by atoms with Crippen molar-refractivity contribution in [3.63, 3.8) is 0 Å². The molecule has 0 unspecified atom stereocenters. The van der Waals surface area contributed by atoms with Gasteiger partial charge in [0.1, 0.15) is 22.5 Å². The van der Waals surface area contributed by atoms with Crippen LogP contribution in [-0.2, 0) is 0 Å². The molecule has 8 heteroatoms. The maximum atomic E-state index is 12.4. The summed E-state index contributed by atoms with van der Waals surface area (Å²) in [4.78, 5) is 25.2. The van der Waals surface area contributed by atoms with E-state index in [1.807, 2.05) is 6.07 Å². The van der Waals surface area contributed by atoms with E-state index in [0.29, 0.717) is 26.6 Å². The topological polar surface area (TPSA) is 80.9 Å². The molecule has 0 bridgehead atoms. The van der Waals surface area contributed by atoms with Gasteiger partial charge in [-0.05, 0) is 30.3 Å². The normalized spacial score (nSPS) is 11.4.